The first-order chi connectivity index (χ1) is 9.06. The highest BCUT2D eigenvalue weighted by molar-refractivity contribution is 6.23. The largest absolute Gasteiger partial charge is 0.120 e. The first-order valence-corrected chi connectivity index (χ1v) is 9.13. The average Bonchev–Trinajstić information content (AvgIpc) is 2.34. The predicted molar refractivity (Wildman–Crippen MR) is 90.2 cm³/mol. The third kappa shape index (κ3) is 18.3. The van der Waals surface area contributed by atoms with Gasteiger partial charge in [0.05, 0.1) is 0 Å². The maximum absolute atomic E-state index is 6.18. The van der Waals surface area contributed by atoms with Crippen molar-refractivity contribution in [3.8, 4) is 0 Å². The molecule has 0 saturated heterocycles. The van der Waals surface area contributed by atoms with Gasteiger partial charge >= 0.3 is 0 Å². The maximum atomic E-state index is 6.18. The second kappa shape index (κ2) is 13.3. The summed E-state index contributed by atoms with van der Waals surface area (Å²) in [5.41, 5.74) is 0. The molecule has 0 aromatic carbocycles. The van der Waals surface area contributed by atoms with Crippen LogP contribution in [0.4, 0.5) is 0 Å². The van der Waals surface area contributed by atoms with Gasteiger partial charge in [0.2, 0.25) is 0 Å². The third-order valence-corrected chi connectivity index (χ3v) is 4.06. The summed E-state index contributed by atoms with van der Waals surface area (Å²) in [5.74, 6) is 0. The summed E-state index contributed by atoms with van der Waals surface area (Å²) >= 11 is 6.18. The Balaban J connectivity index is 2.99. The number of unbranched alkanes of at least 4 members (excludes halogenated alkanes) is 12. The van der Waals surface area contributed by atoms with Crippen molar-refractivity contribution in [2.45, 2.75) is 116 Å². The van der Waals surface area contributed by atoms with Crippen LogP contribution in [0.1, 0.15) is 111 Å². The van der Waals surface area contributed by atoms with E-state index in [0.29, 0.717) is 0 Å². The molecule has 0 spiro atoms. The fourth-order valence-electron chi connectivity index (χ4n) is 2.56. The number of hydrogen-bond donors (Lipinski definition) is 0. The lowest BCUT2D eigenvalue weighted by Crippen LogP contribution is -2.08. The average molecular weight is 289 g/mol. The zero-order valence-electron chi connectivity index (χ0n) is 13.8. The van der Waals surface area contributed by atoms with Crippen molar-refractivity contribution in [2.24, 2.45) is 0 Å². The molecule has 0 rings (SSSR count). The molecule has 0 aromatic rings. The standard InChI is InChI=1S/C18H37Cl/c1-4-5-6-7-8-9-10-11-12-13-14-15-16-17-18(2,3)19/h4-17H2,1-3H3. The Morgan fingerprint density at radius 2 is 0.895 bits per heavy atom. The highest BCUT2D eigenvalue weighted by atomic mass is 35.5. The van der Waals surface area contributed by atoms with Gasteiger partial charge in [-0.25, -0.2) is 0 Å². The minimum atomic E-state index is 0.0117. The van der Waals surface area contributed by atoms with E-state index in [-0.39, 0.29) is 4.87 Å². The van der Waals surface area contributed by atoms with E-state index >= 15 is 0 Å². The summed E-state index contributed by atoms with van der Waals surface area (Å²) in [6.07, 6.45) is 19.6. The quantitative estimate of drug-likeness (QED) is 0.229. The van der Waals surface area contributed by atoms with Crippen LogP contribution >= 0.6 is 11.6 Å². The first-order valence-electron chi connectivity index (χ1n) is 8.75. The fourth-order valence-corrected chi connectivity index (χ4v) is 2.70. The van der Waals surface area contributed by atoms with E-state index in [2.05, 4.69) is 20.8 Å². The second-order valence-electron chi connectivity index (χ2n) is 6.71. The minimum absolute atomic E-state index is 0.0117. The zero-order chi connectivity index (χ0) is 14.4. The summed E-state index contributed by atoms with van der Waals surface area (Å²) in [7, 11) is 0. The Hall–Kier alpha value is 0.290. The predicted octanol–water partition coefficient (Wildman–Crippen LogP) is 7.49. The molecule has 1 heteroatoms. The van der Waals surface area contributed by atoms with Crippen molar-refractivity contribution in [1.82, 2.24) is 0 Å². The Labute approximate surface area is 127 Å². The van der Waals surface area contributed by atoms with Gasteiger partial charge in [-0.1, -0.05) is 90.4 Å². The van der Waals surface area contributed by atoms with Gasteiger partial charge in [-0.15, -0.1) is 11.6 Å². The molecule has 0 bridgehead atoms. The number of alkyl halides is 1. The van der Waals surface area contributed by atoms with E-state index in [4.69, 9.17) is 11.6 Å². The molecule has 0 aliphatic heterocycles. The van der Waals surface area contributed by atoms with Gasteiger partial charge in [-0.3, -0.25) is 0 Å². The van der Waals surface area contributed by atoms with Gasteiger partial charge in [0.15, 0.2) is 0 Å². The summed E-state index contributed by atoms with van der Waals surface area (Å²) in [6.45, 7) is 6.53. The Morgan fingerprint density at radius 1 is 0.579 bits per heavy atom. The highest BCUT2D eigenvalue weighted by Gasteiger charge is 2.11. The van der Waals surface area contributed by atoms with Crippen molar-refractivity contribution < 1.29 is 0 Å². The van der Waals surface area contributed by atoms with Gasteiger partial charge in [-0.2, -0.15) is 0 Å². The van der Waals surface area contributed by atoms with Crippen LogP contribution in [-0.4, -0.2) is 4.87 Å². The minimum Gasteiger partial charge on any atom is -0.120 e. The van der Waals surface area contributed by atoms with E-state index in [1.807, 2.05) is 0 Å². The lowest BCUT2D eigenvalue weighted by atomic mass is 10.0. The van der Waals surface area contributed by atoms with E-state index < -0.39 is 0 Å². The molecule has 0 unspecified atom stereocenters. The first kappa shape index (κ1) is 19.3. The molecule has 0 radical (unpaired) electrons. The normalized spacial score (nSPS) is 12.0. The number of hydrogen-bond acceptors (Lipinski definition) is 0. The lowest BCUT2D eigenvalue weighted by molar-refractivity contribution is 0.517. The molecule has 0 aliphatic rings. The van der Waals surface area contributed by atoms with Crippen molar-refractivity contribution in [3.63, 3.8) is 0 Å². The molecule has 0 heterocycles. The molecule has 0 nitrogen and oxygen atoms in total. The maximum Gasteiger partial charge on any atom is 0.0390 e. The fraction of sp³-hybridized carbons (Fsp3) is 1.00. The third-order valence-electron chi connectivity index (χ3n) is 3.87. The monoisotopic (exact) mass is 288 g/mol. The van der Waals surface area contributed by atoms with Crippen LogP contribution in [0.5, 0.6) is 0 Å². The van der Waals surface area contributed by atoms with Gasteiger partial charge in [0, 0.05) is 4.87 Å². The van der Waals surface area contributed by atoms with Gasteiger partial charge in [0.25, 0.3) is 0 Å². The Bertz CT molecular complexity index is 169. The molecule has 0 aliphatic carbocycles. The molecular formula is C18H37Cl. The Morgan fingerprint density at radius 3 is 1.21 bits per heavy atom. The highest BCUT2D eigenvalue weighted by Crippen LogP contribution is 2.21. The van der Waals surface area contributed by atoms with Crippen molar-refractivity contribution >= 4 is 11.6 Å². The van der Waals surface area contributed by atoms with Crippen LogP contribution in [0.15, 0.2) is 0 Å². The van der Waals surface area contributed by atoms with Crippen molar-refractivity contribution in [1.29, 1.82) is 0 Å². The zero-order valence-corrected chi connectivity index (χ0v) is 14.5. The van der Waals surface area contributed by atoms with E-state index in [1.54, 1.807) is 0 Å². The van der Waals surface area contributed by atoms with Gasteiger partial charge < -0.3 is 0 Å². The van der Waals surface area contributed by atoms with Crippen molar-refractivity contribution in [3.05, 3.63) is 0 Å². The van der Waals surface area contributed by atoms with Gasteiger partial charge in [-0.05, 0) is 20.3 Å². The molecule has 0 aromatic heterocycles. The van der Waals surface area contributed by atoms with Crippen LogP contribution in [0.2, 0.25) is 0 Å². The molecule has 116 valence electrons. The molecule has 0 atom stereocenters. The smallest absolute Gasteiger partial charge is 0.0390 e. The van der Waals surface area contributed by atoms with Crippen molar-refractivity contribution in [2.75, 3.05) is 0 Å². The van der Waals surface area contributed by atoms with Crippen LogP contribution in [0.25, 0.3) is 0 Å². The molecule has 19 heavy (non-hydrogen) atoms. The van der Waals surface area contributed by atoms with Crippen LogP contribution in [0, 0.1) is 0 Å². The molecular weight excluding hydrogens is 252 g/mol. The summed E-state index contributed by atoms with van der Waals surface area (Å²) in [5, 5.41) is 0. The van der Waals surface area contributed by atoms with Crippen LogP contribution < -0.4 is 0 Å². The van der Waals surface area contributed by atoms with E-state index in [9.17, 15) is 0 Å². The number of rotatable bonds is 14. The molecule has 0 saturated carbocycles. The van der Waals surface area contributed by atoms with E-state index in [1.165, 1.54) is 83.5 Å². The molecule has 0 amide bonds. The van der Waals surface area contributed by atoms with Gasteiger partial charge in [0.1, 0.15) is 0 Å². The van der Waals surface area contributed by atoms with Crippen LogP contribution in [0.3, 0.4) is 0 Å². The molecule has 0 fully saturated rings. The number of halogens is 1. The lowest BCUT2D eigenvalue weighted by Gasteiger charge is -2.14. The summed E-state index contributed by atoms with van der Waals surface area (Å²) in [4.78, 5) is 0.0117. The second-order valence-corrected chi connectivity index (χ2v) is 7.73. The molecule has 0 N–H and O–H groups in total. The SMILES string of the molecule is CCCCCCCCCCCCCCCC(C)(C)Cl. The topological polar surface area (TPSA) is 0 Å². The van der Waals surface area contributed by atoms with E-state index in [0.717, 1.165) is 6.42 Å². The summed E-state index contributed by atoms with van der Waals surface area (Å²) in [6, 6.07) is 0. The Kier molecular flexibility index (Phi) is 13.5. The summed E-state index contributed by atoms with van der Waals surface area (Å²) < 4.78 is 0. The van der Waals surface area contributed by atoms with Crippen LogP contribution in [-0.2, 0) is 0 Å².